The van der Waals surface area contributed by atoms with Gasteiger partial charge in [0.15, 0.2) is 0 Å². The van der Waals surface area contributed by atoms with Crippen molar-refractivity contribution in [1.82, 2.24) is 10.9 Å². The highest BCUT2D eigenvalue weighted by Crippen LogP contribution is 2.09. The highest BCUT2D eigenvalue weighted by atomic mass is 16.2. The smallest absolute Gasteiger partial charge is 0.240 e. The Morgan fingerprint density at radius 1 is 0.583 bits per heavy atom. The van der Waals surface area contributed by atoms with Gasteiger partial charge in [-0.05, 0) is 49.7 Å². The van der Waals surface area contributed by atoms with Gasteiger partial charge in [0.05, 0.1) is 12.4 Å². The van der Waals surface area contributed by atoms with E-state index >= 15 is 0 Å². The maximum atomic E-state index is 11.9. The van der Waals surface area contributed by atoms with Crippen LogP contribution < -0.4 is 10.9 Å². The number of benzene rings is 1. The molecule has 0 radical (unpaired) electrons. The zero-order valence-corrected chi connectivity index (χ0v) is 22.1. The van der Waals surface area contributed by atoms with Crippen molar-refractivity contribution in [1.29, 1.82) is 0 Å². The summed E-state index contributed by atoms with van der Waals surface area (Å²) < 4.78 is 0. The van der Waals surface area contributed by atoms with Crippen molar-refractivity contribution in [3.8, 4) is 0 Å². The van der Waals surface area contributed by atoms with Crippen molar-refractivity contribution in [3.63, 3.8) is 0 Å². The van der Waals surface area contributed by atoms with E-state index < -0.39 is 0 Å². The predicted molar refractivity (Wildman–Crippen MR) is 152 cm³/mol. The molecule has 0 unspecified atom stereocenters. The molecule has 0 saturated heterocycles. The quantitative estimate of drug-likeness (QED) is 0.0773. The van der Waals surface area contributed by atoms with Crippen LogP contribution in [0.5, 0.6) is 0 Å². The summed E-state index contributed by atoms with van der Waals surface area (Å²) in [5, 5.41) is 8.07. The van der Waals surface area contributed by atoms with Crippen molar-refractivity contribution in [3.05, 3.63) is 60.7 Å². The van der Waals surface area contributed by atoms with Crippen LogP contribution in [0.25, 0.3) is 0 Å². The lowest BCUT2D eigenvalue weighted by Gasteiger charge is -2.02. The third kappa shape index (κ3) is 18.3. The van der Waals surface area contributed by atoms with Gasteiger partial charge in [0, 0.05) is 12.8 Å². The molecule has 0 fully saturated rings. The van der Waals surface area contributed by atoms with Crippen LogP contribution in [0, 0.1) is 0 Å². The summed E-state index contributed by atoms with van der Waals surface area (Å²) >= 11 is 0. The minimum atomic E-state index is -0.0547. The van der Waals surface area contributed by atoms with Gasteiger partial charge in [-0.25, -0.2) is 10.9 Å². The van der Waals surface area contributed by atoms with Crippen molar-refractivity contribution in [2.75, 3.05) is 0 Å². The van der Waals surface area contributed by atoms with E-state index in [2.05, 4.69) is 34.2 Å². The van der Waals surface area contributed by atoms with E-state index in [0.29, 0.717) is 12.8 Å². The number of hydrogen-bond acceptors (Lipinski definition) is 4. The van der Waals surface area contributed by atoms with Crippen molar-refractivity contribution < 1.29 is 9.59 Å². The molecule has 1 aromatic rings. The maximum absolute atomic E-state index is 11.9. The number of hydrogen-bond donors (Lipinski definition) is 2. The molecular weight excluding hydrogens is 448 g/mol. The minimum absolute atomic E-state index is 0.0547. The normalized spacial score (nSPS) is 11.1. The number of amides is 2. The van der Waals surface area contributed by atoms with E-state index in [1.54, 1.807) is 12.4 Å². The second kappa shape index (κ2) is 22.4. The molecule has 0 atom stereocenters. The standard InChI is InChI=1S/C30H46N4O2/c1-3-5-7-9-11-13-15-17-19-29(35)33-31-25-27-21-23-28(24-22-27)26-32-34-30(36)20-18-16-14-12-10-8-6-4-2/h3-4,21-26H,1-2,5-20H2,(H,33,35)(H,34,36)/b31-25-,32-26-. The molecule has 198 valence electrons. The molecule has 0 spiro atoms. The van der Waals surface area contributed by atoms with Crippen LogP contribution in [0.1, 0.15) is 114 Å². The summed E-state index contributed by atoms with van der Waals surface area (Å²) in [4.78, 5) is 23.8. The topological polar surface area (TPSA) is 82.9 Å². The molecule has 2 N–H and O–H groups in total. The minimum Gasteiger partial charge on any atom is -0.273 e. The molecule has 36 heavy (non-hydrogen) atoms. The highest BCUT2D eigenvalue weighted by molar-refractivity contribution is 5.86. The van der Waals surface area contributed by atoms with Crippen molar-refractivity contribution in [2.45, 2.75) is 103 Å². The molecule has 0 bridgehead atoms. The summed E-state index contributed by atoms with van der Waals surface area (Å²) in [6.45, 7) is 7.47. The molecule has 1 aromatic carbocycles. The molecule has 0 saturated carbocycles. The summed E-state index contributed by atoms with van der Waals surface area (Å²) in [6, 6.07) is 7.56. The van der Waals surface area contributed by atoms with Gasteiger partial charge in [-0.15, -0.1) is 13.2 Å². The second-order valence-electron chi connectivity index (χ2n) is 9.15. The number of nitrogens with one attached hydrogen (secondary N) is 2. The first-order valence-electron chi connectivity index (χ1n) is 13.6. The second-order valence-corrected chi connectivity index (χ2v) is 9.15. The maximum Gasteiger partial charge on any atom is 0.240 e. The van der Waals surface area contributed by atoms with E-state index in [9.17, 15) is 9.59 Å². The summed E-state index contributed by atoms with van der Waals surface area (Å²) in [5.41, 5.74) is 6.93. The molecule has 0 aliphatic carbocycles. The SMILES string of the molecule is C=CCCCCCCCCC(=O)N/N=C\c1ccc(/C=N\NC(=O)CCCCCCCCC=C)cc1. The predicted octanol–water partition coefficient (Wildman–Crippen LogP) is 7.20. The van der Waals surface area contributed by atoms with E-state index in [4.69, 9.17) is 0 Å². The zero-order chi connectivity index (χ0) is 26.1. The Bertz CT molecular complexity index is 733. The van der Waals surface area contributed by atoms with Crippen LogP contribution in [0.15, 0.2) is 59.8 Å². The third-order valence-corrected chi connectivity index (χ3v) is 5.87. The van der Waals surface area contributed by atoms with Gasteiger partial charge in [-0.1, -0.05) is 87.8 Å². The number of allylic oxidation sites excluding steroid dienone is 2. The number of hydrazone groups is 2. The molecule has 0 aromatic heterocycles. The van der Waals surface area contributed by atoms with E-state index in [1.807, 2.05) is 36.4 Å². The zero-order valence-electron chi connectivity index (χ0n) is 22.1. The fourth-order valence-corrected chi connectivity index (χ4v) is 3.70. The van der Waals surface area contributed by atoms with Crippen LogP contribution in [0.2, 0.25) is 0 Å². The Kier molecular flexibility index (Phi) is 19.3. The Balaban J connectivity index is 2.13. The number of rotatable bonds is 22. The van der Waals surface area contributed by atoms with Crippen LogP contribution in [-0.2, 0) is 9.59 Å². The number of nitrogens with zero attached hydrogens (tertiary/aromatic N) is 2. The van der Waals surface area contributed by atoms with Crippen molar-refractivity contribution in [2.24, 2.45) is 10.2 Å². The Morgan fingerprint density at radius 3 is 1.28 bits per heavy atom. The van der Waals surface area contributed by atoms with Crippen LogP contribution in [0.4, 0.5) is 0 Å². The highest BCUT2D eigenvalue weighted by Gasteiger charge is 2.01. The van der Waals surface area contributed by atoms with Gasteiger partial charge in [0.2, 0.25) is 11.8 Å². The van der Waals surface area contributed by atoms with Gasteiger partial charge in [0.25, 0.3) is 0 Å². The van der Waals surface area contributed by atoms with E-state index in [0.717, 1.165) is 49.7 Å². The van der Waals surface area contributed by atoms with Crippen LogP contribution in [-0.4, -0.2) is 24.2 Å². The van der Waals surface area contributed by atoms with Crippen LogP contribution in [0.3, 0.4) is 0 Å². The lowest BCUT2D eigenvalue weighted by atomic mass is 10.1. The fourth-order valence-electron chi connectivity index (χ4n) is 3.70. The summed E-state index contributed by atoms with van der Waals surface area (Å²) in [5.74, 6) is -0.109. The third-order valence-electron chi connectivity index (χ3n) is 5.87. The molecule has 1 rings (SSSR count). The number of carbonyl (C=O) groups excluding carboxylic acids is 2. The van der Waals surface area contributed by atoms with Gasteiger partial charge < -0.3 is 0 Å². The molecule has 0 aliphatic heterocycles. The monoisotopic (exact) mass is 494 g/mol. The van der Waals surface area contributed by atoms with Gasteiger partial charge in [0.1, 0.15) is 0 Å². The lowest BCUT2D eigenvalue weighted by molar-refractivity contribution is -0.122. The first-order valence-corrected chi connectivity index (χ1v) is 13.6. The summed E-state index contributed by atoms with van der Waals surface area (Å²) in [6.07, 6.45) is 24.0. The van der Waals surface area contributed by atoms with E-state index in [-0.39, 0.29) is 11.8 Å². The lowest BCUT2D eigenvalue weighted by Crippen LogP contribution is -2.17. The fraction of sp³-hybridized carbons (Fsp3) is 0.533. The number of unbranched alkanes of at least 4 members (excludes halogenated alkanes) is 12. The van der Waals surface area contributed by atoms with E-state index in [1.165, 1.54) is 51.4 Å². The van der Waals surface area contributed by atoms with Crippen molar-refractivity contribution >= 4 is 24.2 Å². The summed E-state index contributed by atoms with van der Waals surface area (Å²) in [7, 11) is 0. The Hall–Kier alpha value is -3.02. The molecule has 6 heteroatoms. The molecule has 6 nitrogen and oxygen atoms in total. The Morgan fingerprint density at radius 2 is 0.917 bits per heavy atom. The van der Waals surface area contributed by atoms with Gasteiger partial charge >= 0.3 is 0 Å². The molecule has 0 heterocycles. The largest absolute Gasteiger partial charge is 0.273 e. The number of carbonyl (C=O) groups is 2. The van der Waals surface area contributed by atoms with Crippen LogP contribution >= 0.6 is 0 Å². The Labute approximate surface area is 218 Å². The average molecular weight is 495 g/mol. The van der Waals surface area contributed by atoms with Gasteiger partial charge in [-0.2, -0.15) is 10.2 Å². The first kappa shape index (κ1) is 31.0. The molecular formula is C30H46N4O2. The van der Waals surface area contributed by atoms with Gasteiger partial charge in [-0.3, -0.25) is 9.59 Å². The average Bonchev–Trinajstić information content (AvgIpc) is 2.88. The molecule has 2 amide bonds. The first-order chi connectivity index (χ1) is 17.7. The molecule has 0 aliphatic rings.